The minimum Gasteiger partial charge on any atom is -0.507 e. The van der Waals surface area contributed by atoms with Crippen LogP contribution in [0.25, 0.3) is 22.4 Å². The van der Waals surface area contributed by atoms with Crippen molar-refractivity contribution in [3.8, 4) is 34.0 Å². The van der Waals surface area contributed by atoms with Crippen LogP contribution in [0.4, 0.5) is 4.39 Å². The Bertz CT molecular complexity index is 1170. The quantitative estimate of drug-likeness (QED) is 0.597. The van der Waals surface area contributed by atoms with Gasteiger partial charge in [-0.15, -0.1) is 10.2 Å². The number of hydrogen-bond donors (Lipinski definition) is 3. The molecule has 0 aliphatic carbocycles. The van der Waals surface area contributed by atoms with E-state index in [9.17, 15) is 14.3 Å². The van der Waals surface area contributed by atoms with Crippen molar-refractivity contribution < 1.29 is 14.2 Å². The summed E-state index contributed by atoms with van der Waals surface area (Å²) in [5.41, 5.74) is 1.63. The van der Waals surface area contributed by atoms with Crippen molar-refractivity contribution in [2.75, 3.05) is 0 Å². The molecule has 0 spiro atoms. The second kappa shape index (κ2) is 7.46. The highest BCUT2D eigenvalue weighted by Gasteiger charge is 2.51. The van der Waals surface area contributed by atoms with Crippen LogP contribution >= 0.6 is 0 Å². The fourth-order valence-corrected chi connectivity index (χ4v) is 4.63. The molecule has 0 amide bonds. The van der Waals surface area contributed by atoms with Crippen LogP contribution in [0.15, 0.2) is 53.5 Å². The van der Waals surface area contributed by atoms with Crippen LogP contribution in [0.1, 0.15) is 26.2 Å². The lowest BCUT2D eigenvalue weighted by Gasteiger charge is -2.39. The van der Waals surface area contributed by atoms with E-state index in [1.807, 2.05) is 6.92 Å². The van der Waals surface area contributed by atoms with E-state index in [-0.39, 0.29) is 23.2 Å². The van der Waals surface area contributed by atoms with Crippen molar-refractivity contribution in [1.29, 1.82) is 0 Å². The molecule has 2 saturated heterocycles. The predicted octanol–water partition coefficient (Wildman–Crippen LogP) is 3.20. The van der Waals surface area contributed by atoms with Crippen LogP contribution in [0.3, 0.4) is 0 Å². The normalized spacial score (nSPS) is 27.2. The summed E-state index contributed by atoms with van der Waals surface area (Å²) in [7, 11) is 0. The van der Waals surface area contributed by atoms with Gasteiger partial charge in [0.15, 0.2) is 6.17 Å². The molecule has 2 bridgehead atoms. The summed E-state index contributed by atoms with van der Waals surface area (Å²) in [5.74, 6) is 0.286. The molecule has 1 aromatic carbocycles. The lowest BCUT2D eigenvalue weighted by Crippen LogP contribution is -2.59. The van der Waals surface area contributed by atoms with Gasteiger partial charge in [0.05, 0.1) is 11.2 Å². The van der Waals surface area contributed by atoms with E-state index in [1.54, 1.807) is 42.6 Å². The van der Waals surface area contributed by atoms with Gasteiger partial charge in [0, 0.05) is 36.4 Å². The number of phenols is 1. The van der Waals surface area contributed by atoms with Crippen molar-refractivity contribution >= 4 is 0 Å². The minimum absolute atomic E-state index is 0.0208. The van der Waals surface area contributed by atoms with Gasteiger partial charge in [-0.1, -0.05) is 6.07 Å². The van der Waals surface area contributed by atoms with Crippen LogP contribution in [0, 0.1) is 0 Å². The van der Waals surface area contributed by atoms with E-state index in [0.717, 1.165) is 12.8 Å². The monoisotopic (exact) mass is 422 g/mol. The second-order valence-corrected chi connectivity index (χ2v) is 8.52. The van der Waals surface area contributed by atoms with Crippen LogP contribution < -0.4 is 15.6 Å². The number of aromatic nitrogens is 3. The maximum atomic E-state index is 14.9. The maximum absolute atomic E-state index is 14.9. The van der Waals surface area contributed by atoms with Gasteiger partial charge in [-0.05, 0) is 55.2 Å². The SMILES string of the molecule is C[C@@]12CC[C@@H](C[C@H](Oc3ccc(-c4ccc(-c5cc[nH]c(=O)c5)cc4O)nn3)[C@H]1F)N2. The molecule has 2 fully saturated rings. The first-order chi connectivity index (χ1) is 14.9. The number of H-pyrrole nitrogens is 1. The molecule has 160 valence electrons. The first-order valence-corrected chi connectivity index (χ1v) is 10.4. The topological polar surface area (TPSA) is 100 Å². The Kier molecular flexibility index (Phi) is 4.74. The summed E-state index contributed by atoms with van der Waals surface area (Å²) in [6.45, 7) is 1.90. The predicted molar refractivity (Wildman–Crippen MR) is 114 cm³/mol. The minimum atomic E-state index is -1.12. The molecule has 2 aliphatic heterocycles. The molecular weight excluding hydrogens is 399 g/mol. The number of rotatable bonds is 4. The van der Waals surface area contributed by atoms with Crippen molar-refractivity contribution in [2.24, 2.45) is 0 Å². The number of alkyl halides is 1. The molecule has 31 heavy (non-hydrogen) atoms. The molecule has 8 heteroatoms. The van der Waals surface area contributed by atoms with E-state index in [4.69, 9.17) is 4.74 Å². The van der Waals surface area contributed by atoms with E-state index < -0.39 is 17.8 Å². The zero-order chi connectivity index (χ0) is 21.6. The Morgan fingerprint density at radius 3 is 2.74 bits per heavy atom. The smallest absolute Gasteiger partial charge is 0.248 e. The zero-order valence-corrected chi connectivity index (χ0v) is 17.0. The summed E-state index contributed by atoms with van der Waals surface area (Å²) in [6, 6.07) is 11.9. The largest absolute Gasteiger partial charge is 0.507 e. The van der Waals surface area contributed by atoms with Crippen LogP contribution in [0.2, 0.25) is 0 Å². The maximum Gasteiger partial charge on any atom is 0.248 e. The van der Waals surface area contributed by atoms with E-state index >= 15 is 0 Å². The molecule has 0 radical (unpaired) electrons. The van der Waals surface area contributed by atoms with Crippen molar-refractivity contribution in [2.45, 2.75) is 50.0 Å². The summed E-state index contributed by atoms with van der Waals surface area (Å²) in [6.07, 6.45) is 2.24. The number of halogens is 1. The van der Waals surface area contributed by atoms with Gasteiger partial charge < -0.3 is 20.1 Å². The fraction of sp³-hybridized carbons (Fsp3) is 0.348. The molecule has 5 rings (SSSR count). The molecule has 4 atom stereocenters. The van der Waals surface area contributed by atoms with Gasteiger partial charge in [-0.2, -0.15) is 0 Å². The van der Waals surface area contributed by atoms with Gasteiger partial charge in [-0.3, -0.25) is 4.79 Å². The number of aromatic amines is 1. The molecule has 2 aliphatic rings. The third kappa shape index (κ3) is 3.67. The molecule has 3 aromatic rings. The molecule has 2 aromatic heterocycles. The first kappa shape index (κ1) is 19.7. The van der Waals surface area contributed by atoms with Crippen LogP contribution in [0.5, 0.6) is 11.6 Å². The molecule has 3 N–H and O–H groups in total. The van der Waals surface area contributed by atoms with E-state index in [0.29, 0.717) is 28.8 Å². The van der Waals surface area contributed by atoms with Gasteiger partial charge in [-0.25, -0.2) is 4.39 Å². The average Bonchev–Trinajstić information content (AvgIpc) is 3.10. The summed E-state index contributed by atoms with van der Waals surface area (Å²) in [4.78, 5) is 14.1. The molecule has 0 unspecified atom stereocenters. The third-order valence-electron chi connectivity index (χ3n) is 6.29. The summed E-state index contributed by atoms with van der Waals surface area (Å²) >= 11 is 0. The van der Waals surface area contributed by atoms with Gasteiger partial charge >= 0.3 is 0 Å². The molecular formula is C23H23FN4O3. The fourth-order valence-electron chi connectivity index (χ4n) is 4.63. The van der Waals surface area contributed by atoms with Crippen LogP contribution in [-0.2, 0) is 0 Å². The Labute approximate surface area is 178 Å². The number of benzene rings is 1. The highest BCUT2D eigenvalue weighted by molar-refractivity contribution is 5.74. The lowest BCUT2D eigenvalue weighted by molar-refractivity contribution is 0.00813. The number of nitrogens with one attached hydrogen (secondary N) is 2. The number of nitrogens with zero attached hydrogens (tertiary/aromatic N) is 2. The van der Waals surface area contributed by atoms with E-state index in [1.165, 1.54) is 6.07 Å². The highest BCUT2D eigenvalue weighted by atomic mass is 19.1. The number of pyridine rings is 1. The highest BCUT2D eigenvalue weighted by Crippen LogP contribution is 2.39. The number of piperidine rings is 1. The lowest BCUT2D eigenvalue weighted by atomic mass is 9.88. The van der Waals surface area contributed by atoms with Crippen molar-refractivity contribution in [3.05, 3.63) is 59.0 Å². The van der Waals surface area contributed by atoms with Gasteiger partial charge in [0.25, 0.3) is 0 Å². The van der Waals surface area contributed by atoms with Crippen LogP contribution in [-0.4, -0.2) is 44.1 Å². The Morgan fingerprint density at radius 2 is 2.00 bits per heavy atom. The third-order valence-corrected chi connectivity index (χ3v) is 6.29. The average molecular weight is 422 g/mol. The molecule has 7 nitrogen and oxygen atoms in total. The van der Waals surface area contributed by atoms with Crippen molar-refractivity contribution in [3.63, 3.8) is 0 Å². The number of ether oxygens (including phenoxy) is 1. The Hall–Kier alpha value is -3.26. The zero-order valence-electron chi connectivity index (χ0n) is 17.0. The summed E-state index contributed by atoms with van der Waals surface area (Å²) in [5, 5.41) is 22.1. The number of hydrogen-bond acceptors (Lipinski definition) is 6. The molecule has 0 saturated carbocycles. The standard InChI is InChI=1S/C23H23FN4O3/c1-23-8-6-15(26-23)12-19(22(23)24)31-21-5-4-17(27-28-21)16-3-2-13(10-18(16)29)14-7-9-25-20(30)11-14/h2-5,7,9-11,15,19,22,26,29H,6,8,12H2,1H3,(H,25,30)/t15-,19-,22+,23+/m0/s1. The van der Waals surface area contributed by atoms with Gasteiger partial charge in [0.1, 0.15) is 11.9 Å². The number of phenolic OH excluding ortho intramolecular Hbond substituents is 1. The summed E-state index contributed by atoms with van der Waals surface area (Å²) < 4.78 is 20.8. The Balaban J connectivity index is 1.34. The van der Waals surface area contributed by atoms with Gasteiger partial charge in [0.2, 0.25) is 11.4 Å². The number of aromatic hydroxyl groups is 1. The van der Waals surface area contributed by atoms with E-state index in [2.05, 4.69) is 20.5 Å². The van der Waals surface area contributed by atoms with Crippen molar-refractivity contribution in [1.82, 2.24) is 20.5 Å². The molecule has 4 heterocycles. The first-order valence-electron chi connectivity index (χ1n) is 10.4. The number of fused-ring (bicyclic) bond motifs is 2. The second-order valence-electron chi connectivity index (χ2n) is 8.52. The Morgan fingerprint density at radius 1 is 1.16 bits per heavy atom.